The third-order valence-corrected chi connectivity index (χ3v) is 4.74. The van der Waals surface area contributed by atoms with E-state index >= 15 is 0 Å². The second kappa shape index (κ2) is 5.58. The Morgan fingerprint density at radius 1 is 1.12 bits per heavy atom. The number of imidazole rings is 1. The molecule has 1 aliphatic heterocycles. The predicted octanol–water partition coefficient (Wildman–Crippen LogP) is 0.983. The van der Waals surface area contributed by atoms with E-state index in [9.17, 15) is 14.0 Å². The maximum absolute atomic E-state index is 14.0. The Balaban J connectivity index is 1.89. The Hall–Kier alpha value is -2.90. The van der Waals surface area contributed by atoms with Gasteiger partial charge in [0, 0.05) is 39.3 Å². The molecule has 0 aliphatic carbocycles. The fraction of sp³-hybridized carbons (Fsp3) is 0.353. The summed E-state index contributed by atoms with van der Waals surface area (Å²) in [6.07, 6.45) is 0.818. The number of aryl methyl sites for hydroxylation is 2. The maximum atomic E-state index is 14.0. The first kappa shape index (κ1) is 15.6. The highest BCUT2D eigenvalue weighted by Gasteiger charge is 2.26. The molecule has 0 unspecified atom stereocenters. The second-order valence-electron chi connectivity index (χ2n) is 6.31. The number of benzene rings is 1. The molecule has 25 heavy (non-hydrogen) atoms. The van der Waals surface area contributed by atoms with Crippen molar-refractivity contribution in [3.8, 4) is 0 Å². The zero-order valence-corrected chi connectivity index (χ0v) is 14.1. The number of anilines is 1. The fourth-order valence-electron chi connectivity index (χ4n) is 3.39. The smallest absolute Gasteiger partial charge is 0.332 e. The van der Waals surface area contributed by atoms with Gasteiger partial charge in [-0.05, 0) is 12.5 Å². The van der Waals surface area contributed by atoms with Crippen LogP contribution in [0.5, 0.6) is 0 Å². The van der Waals surface area contributed by atoms with Gasteiger partial charge in [0.15, 0.2) is 11.2 Å². The van der Waals surface area contributed by atoms with E-state index in [0.717, 1.165) is 11.0 Å². The largest absolute Gasteiger partial charge is 0.338 e. The van der Waals surface area contributed by atoms with Crippen molar-refractivity contribution >= 4 is 17.1 Å². The van der Waals surface area contributed by atoms with Crippen molar-refractivity contribution in [2.24, 2.45) is 14.1 Å². The van der Waals surface area contributed by atoms with Crippen LogP contribution in [-0.2, 0) is 27.2 Å². The Labute approximate surface area is 142 Å². The first-order chi connectivity index (χ1) is 12.0. The van der Waals surface area contributed by atoms with E-state index in [1.54, 1.807) is 25.2 Å². The molecule has 0 N–H and O–H groups in total. The number of aromatic nitrogens is 4. The third-order valence-electron chi connectivity index (χ3n) is 4.74. The van der Waals surface area contributed by atoms with E-state index < -0.39 is 5.69 Å². The van der Waals surface area contributed by atoms with Gasteiger partial charge in [-0.1, -0.05) is 18.2 Å². The molecule has 0 fully saturated rings. The molecule has 0 radical (unpaired) electrons. The minimum atomic E-state index is -0.409. The maximum Gasteiger partial charge on any atom is 0.332 e. The molecule has 4 rings (SSSR count). The summed E-state index contributed by atoms with van der Waals surface area (Å²) < 4.78 is 18.3. The Morgan fingerprint density at radius 2 is 1.88 bits per heavy atom. The summed E-state index contributed by atoms with van der Waals surface area (Å²) in [5, 5.41) is 0. The minimum absolute atomic E-state index is 0.265. The van der Waals surface area contributed by atoms with Crippen LogP contribution in [0.3, 0.4) is 0 Å². The highest BCUT2D eigenvalue weighted by atomic mass is 19.1. The molecule has 0 saturated heterocycles. The van der Waals surface area contributed by atoms with Gasteiger partial charge in [0.05, 0.1) is 0 Å². The van der Waals surface area contributed by atoms with Gasteiger partial charge in [-0.25, -0.2) is 9.18 Å². The van der Waals surface area contributed by atoms with Gasteiger partial charge in [0.2, 0.25) is 5.95 Å². The molecule has 2 aromatic heterocycles. The van der Waals surface area contributed by atoms with Crippen molar-refractivity contribution in [3.05, 3.63) is 56.5 Å². The van der Waals surface area contributed by atoms with Crippen molar-refractivity contribution < 1.29 is 4.39 Å². The summed E-state index contributed by atoms with van der Waals surface area (Å²) in [5.41, 5.74) is 0.587. The third kappa shape index (κ3) is 2.28. The summed E-state index contributed by atoms with van der Waals surface area (Å²) in [6, 6.07) is 6.63. The Kier molecular flexibility index (Phi) is 3.48. The highest BCUT2D eigenvalue weighted by Crippen LogP contribution is 2.26. The summed E-state index contributed by atoms with van der Waals surface area (Å²) in [7, 11) is 3.06. The van der Waals surface area contributed by atoms with Gasteiger partial charge >= 0.3 is 5.69 Å². The number of halogens is 1. The standard InChI is InChI=1S/C17H18FN5O2/c1-20-14-13(15(24)21(2)17(20)25)23-9-5-8-22(16(23)19-14)10-11-6-3-4-7-12(11)18/h3-4,6-7H,5,8-10H2,1-2H3. The lowest BCUT2D eigenvalue weighted by Crippen LogP contribution is -2.38. The van der Waals surface area contributed by atoms with Crippen LogP contribution < -0.4 is 16.1 Å². The topological polar surface area (TPSA) is 65.1 Å². The van der Waals surface area contributed by atoms with E-state index in [2.05, 4.69) is 4.98 Å². The van der Waals surface area contributed by atoms with Crippen LogP contribution in [0.25, 0.3) is 11.2 Å². The average molecular weight is 343 g/mol. The summed E-state index contributed by atoms with van der Waals surface area (Å²) >= 11 is 0. The van der Waals surface area contributed by atoms with Gasteiger partial charge in [-0.15, -0.1) is 0 Å². The van der Waals surface area contributed by atoms with Gasteiger partial charge in [-0.3, -0.25) is 13.9 Å². The molecule has 3 aromatic rings. The van der Waals surface area contributed by atoms with Crippen molar-refractivity contribution in [2.45, 2.75) is 19.5 Å². The molecule has 1 aromatic carbocycles. The van der Waals surface area contributed by atoms with Crippen LogP contribution in [-0.4, -0.2) is 25.2 Å². The van der Waals surface area contributed by atoms with E-state index in [0.29, 0.717) is 42.3 Å². The highest BCUT2D eigenvalue weighted by molar-refractivity contribution is 5.74. The van der Waals surface area contributed by atoms with Crippen LogP contribution in [0.1, 0.15) is 12.0 Å². The SMILES string of the molecule is Cn1c(=O)c2c(nc3n2CCCN3Cc2ccccc2F)n(C)c1=O. The summed E-state index contributed by atoms with van der Waals surface area (Å²) in [6.45, 7) is 1.73. The quantitative estimate of drug-likeness (QED) is 0.696. The minimum Gasteiger partial charge on any atom is -0.338 e. The lowest BCUT2D eigenvalue weighted by Gasteiger charge is -2.29. The molecule has 0 bridgehead atoms. The molecule has 8 heteroatoms. The molecular formula is C17H18FN5O2. The van der Waals surface area contributed by atoms with Crippen LogP contribution in [0.4, 0.5) is 10.3 Å². The fourth-order valence-corrected chi connectivity index (χ4v) is 3.39. The normalized spacial score (nSPS) is 14.1. The summed E-state index contributed by atoms with van der Waals surface area (Å²) in [5.74, 6) is 0.335. The van der Waals surface area contributed by atoms with Crippen molar-refractivity contribution in [1.29, 1.82) is 0 Å². The van der Waals surface area contributed by atoms with Gasteiger partial charge in [-0.2, -0.15) is 4.98 Å². The van der Waals surface area contributed by atoms with Crippen LogP contribution >= 0.6 is 0 Å². The Bertz CT molecular complexity index is 1090. The van der Waals surface area contributed by atoms with E-state index in [4.69, 9.17) is 0 Å². The zero-order chi connectivity index (χ0) is 17.7. The number of rotatable bonds is 2. The first-order valence-electron chi connectivity index (χ1n) is 8.13. The van der Waals surface area contributed by atoms with E-state index in [1.807, 2.05) is 9.47 Å². The number of hydrogen-bond acceptors (Lipinski definition) is 4. The van der Waals surface area contributed by atoms with Crippen molar-refractivity contribution in [1.82, 2.24) is 18.7 Å². The van der Waals surface area contributed by atoms with Crippen LogP contribution in [0, 0.1) is 5.82 Å². The van der Waals surface area contributed by atoms with Gasteiger partial charge in [0.25, 0.3) is 5.56 Å². The zero-order valence-electron chi connectivity index (χ0n) is 14.1. The van der Waals surface area contributed by atoms with Crippen LogP contribution in [0.15, 0.2) is 33.9 Å². The molecule has 3 heterocycles. The number of hydrogen-bond donors (Lipinski definition) is 0. The number of nitrogens with zero attached hydrogens (tertiary/aromatic N) is 5. The lowest BCUT2D eigenvalue weighted by atomic mass is 10.2. The van der Waals surface area contributed by atoms with E-state index in [-0.39, 0.29) is 11.4 Å². The molecule has 0 atom stereocenters. The van der Waals surface area contributed by atoms with Crippen LogP contribution in [0.2, 0.25) is 0 Å². The van der Waals surface area contributed by atoms with Gasteiger partial charge < -0.3 is 9.47 Å². The van der Waals surface area contributed by atoms with Gasteiger partial charge in [0.1, 0.15) is 5.82 Å². The molecule has 0 saturated carbocycles. The molecule has 1 aliphatic rings. The van der Waals surface area contributed by atoms with E-state index in [1.165, 1.54) is 17.7 Å². The first-order valence-corrected chi connectivity index (χ1v) is 8.13. The second-order valence-corrected chi connectivity index (χ2v) is 6.31. The monoisotopic (exact) mass is 343 g/mol. The average Bonchev–Trinajstić information content (AvgIpc) is 3.01. The van der Waals surface area contributed by atoms with Crippen molar-refractivity contribution in [3.63, 3.8) is 0 Å². The van der Waals surface area contributed by atoms with Crippen molar-refractivity contribution in [2.75, 3.05) is 11.4 Å². The molecule has 130 valence electrons. The predicted molar refractivity (Wildman–Crippen MR) is 92.3 cm³/mol. The molecule has 0 amide bonds. The molecular weight excluding hydrogens is 325 g/mol. The number of fused-ring (bicyclic) bond motifs is 3. The molecule has 7 nitrogen and oxygen atoms in total. The Morgan fingerprint density at radius 3 is 2.64 bits per heavy atom. The molecule has 0 spiro atoms. The lowest BCUT2D eigenvalue weighted by molar-refractivity contribution is 0.549. The summed E-state index contributed by atoms with van der Waals surface area (Å²) in [4.78, 5) is 31.2.